The number of fused-ring (bicyclic) bond motifs is 2. The van der Waals surface area contributed by atoms with E-state index in [9.17, 15) is 12.8 Å². The molecule has 0 bridgehead atoms. The zero-order valence-corrected chi connectivity index (χ0v) is 23.1. The molecule has 11 nitrogen and oxygen atoms in total. The number of nitrogens with zero attached hydrogens (tertiary/aromatic N) is 5. The zero-order chi connectivity index (χ0) is 28.6. The summed E-state index contributed by atoms with van der Waals surface area (Å²) in [5.74, 6) is -0.0408. The molecular formula is C28H26FN9O2S. The Hall–Kier alpha value is -4.59. The van der Waals surface area contributed by atoms with Crippen molar-refractivity contribution >= 4 is 32.1 Å². The van der Waals surface area contributed by atoms with Crippen molar-refractivity contribution in [2.75, 3.05) is 12.8 Å². The van der Waals surface area contributed by atoms with Crippen molar-refractivity contribution in [1.29, 1.82) is 0 Å². The van der Waals surface area contributed by atoms with E-state index in [4.69, 9.17) is 9.97 Å². The Bertz CT molecular complexity index is 2000. The van der Waals surface area contributed by atoms with Gasteiger partial charge < -0.3 is 10.3 Å². The normalized spacial score (nSPS) is 12.0. The first-order valence-electron chi connectivity index (χ1n) is 12.9. The first-order chi connectivity index (χ1) is 19.8. The molecule has 0 radical (unpaired) electrons. The third-order valence-electron chi connectivity index (χ3n) is 6.47. The molecule has 0 fully saturated rings. The molecule has 5 aromatic heterocycles. The maximum atomic E-state index is 14.5. The maximum Gasteiger partial charge on any atom is 0.209 e. The molecule has 0 saturated carbocycles. The third-order valence-corrected chi connectivity index (χ3v) is 7.14. The van der Waals surface area contributed by atoms with E-state index < -0.39 is 15.8 Å². The van der Waals surface area contributed by atoms with Gasteiger partial charge in [-0.1, -0.05) is 6.92 Å². The molecule has 0 aliphatic rings. The lowest BCUT2D eigenvalue weighted by Gasteiger charge is -2.07. The Morgan fingerprint density at radius 2 is 1.73 bits per heavy atom. The second-order valence-electron chi connectivity index (χ2n) is 9.61. The summed E-state index contributed by atoms with van der Waals surface area (Å²) in [6.07, 6.45) is 6.26. The summed E-state index contributed by atoms with van der Waals surface area (Å²) in [6, 6.07) is 12.0. The second-order valence-corrected chi connectivity index (χ2v) is 11.4. The lowest BCUT2D eigenvalue weighted by atomic mass is 10.1. The second kappa shape index (κ2) is 10.8. The number of hydrogen-bond acceptors (Lipinski definition) is 8. The molecule has 0 aliphatic heterocycles. The minimum atomic E-state index is -3.44. The Labute approximate surface area is 234 Å². The fourth-order valence-corrected chi connectivity index (χ4v) is 5.01. The third kappa shape index (κ3) is 5.68. The fraction of sp³-hybridized carbons (Fsp3) is 0.179. The molecule has 0 saturated heterocycles. The Morgan fingerprint density at radius 1 is 0.902 bits per heavy atom. The van der Waals surface area contributed by atoms with Crippen LogP contribution in [0.5, 0.6) is 0 Å². The van der Waals surface area contributed by atoms with Gasteiger partial charge in [-0.2, -0.15) is 5.10 Å². The van der Waals surface area contributed by atoms with Crippen LogP contribution in [0.4, 0.5) is 4.39 Å². The van der Waals surface area contributed by atoms with Crippen LogP contribution >= 0.6 is 0 Å². The number of benzene rings is 1. The van der Waals surface area contributed by atoms with Crippen LogP contribution in [0.2, 0.25) is 0 Å². The average molecular weight is 572 g/mol. The molecule has 4 N–H and O–H groups in total. The number of aromatic amines is 2. The number of halogens is 1. The number of sulfonamides is 1. The van der Waals surface area contributed by atoms with Gasteiger partial charge in [-0.25, -0.2) is 27.5 Å². The van der Waals surface area contributed by atoms with Crippen LogP contribution in [0.1, 0.15) is 18.1 Å². The summed E-state index contributed by atoms with van der Waals surface area (Å²) in [6.45, 7) is 3.58. The molecule has 0 atom stereocenters. The minimum absolute atomic E-state index is 0.0494. The Kier molecular flexibility index (Phi) is 6.99. The Morgan fingerprint density at radius 3 is 2.56 bits per heavy atom. The summed E-state index contributed by atoms with van der Waals surface area (Å²) < 4.78 is 40.0. The van der Waals surface area contributed by atoms with Gasteiger partial charge >= 0.3 is 0 Å². The van der Waals surface area contributed by atoms with Gasteiger partial charge in [-0.3, -0.25) is 15.1 Å². The highest BCUT2D eigenvalue weighted by molar-refractivity contribution is 7.88. The Balaban J connectivity index is 1.39. The number of pyridine rings is 3. The largest absolute Gasteiger partial charge is 0.336 e. The summed E-state index contributed by atoms with van der Waals surface area (Å²) in [4.78, 5) is 21.8. The van der Waals surface area contributed by atoms with Gasteiger partial charge in [0.2, 0.25) is 10.0 Å². The molecule has 0 amide bonds. The van der Waals surface area contributed by atoms with Gasteiger partial charge in [0.1, 0.15) is 16.9 Å². The molecular weight excluding hydrogens is 545 g/mol. The van der Waals surface area contributed by atoms with Crippen LogP contribution in [-0.2, 0) is 23.1 Å². The molecule has 208 valence electrons. The molecule has 41 heavy (non-hydrogen) atoms. The van der Waals surface area contributed by atoms with Crippen molar-refractivity contribution in [3.05, 3.63) is 78.0 Å². The molecule has 1 aromatic carbocycles. The molecule has 5 heterocycles. The molecule has 6 aromatic rings. The summed E-state index contributed by atoms with van der Waals surface area (Å²) in [5, 5.41) is 10.8. The number of H-pyrrole nitrogens is 2. The minimum Gasteiger partial charge on any atom is -0.336 e. The first kappa shape index (κ1) is 26.6. The van der Waals surface area contributed by atoms with E-state index in [0.29, 0.717) is 51.4 Å². The van der Waals surface area contributed by atoms with E-state index in [1.165, 1.54) is 12.1 Å². The highest BCUT2D eigenvalue weighted by atomic mass is 32.2. The van der Waals surface area contributed by atoms with Crippen LogP contribution in [0, 0.1) is 5.82 Å². The van der Waals surface area contributed by atoms with E-state index in [2.05, 4.69) is 48.2 Å². The van der Waals surface area contributed by atoms with Crippen molar-refractivity contribution in [3.8, 4) is 34.0 Å². The molecule has 0 aliphatic carbocycles. The lowest BCUT2D eigenvalue weighted by Crippen LogP contribution is -2.21. The topological polar surface area (TPSA) is 154 Å². The molecule has 0 spiro atoms. The smallest absolute Gasteiger partial charge is 0.209 e. The lowest BCUT2D eigenvalue weighted by molar-refractivity contribution is 0.586. The number of nitrogens with one attached hydrogen (secondary N) is 4. The van der Waals surface area contributed by atoms with Crippen molar-refractivity contribution in [1.82, 2.24) is 45.2 Å². The van der Waals surface area contributed by atoms with Crippen LogP contribution in [0.15, 0.2) is 61.1 Å². The first-order valence-corrected chi connectivity index (χ1v) is 14.8. The van der Waals surface area contributed by atoms with Crippen molar-refractivity contribution in [2.24, 2.45) is 0 Å². The number of aromatic nitrogens is 7. The van der Waals surface area contributed by atoms with Gasteiger partial charge in [-0.05, 0) is 60.1 Å². The molecule has 13 heteroatoms. The average Bonchev–Trinajstić information content (AvgIpc) is 3.58. The van der Waals surface area contributed by atoms with Crippen LogP contribution in [-0.4, -0.2) is 56.3 Å². The monoisotopic (exact) mass is 571 g/mol. The standard InChI is InChI=1S/C28H26FN9O2S/c1-3-30-12-17-9-19(15-31-13-17)21-4-5-23-26(34-21)27(38-37-23)28-35-22-6-7-32-24(25(22)36-28)18-8-16(10-20(29)11-18)14-33-41(2,39)40/h4-11,13,15,30,33H,3,12,14H2,1-2H3,(H,35,36)(H,37,38). The van der Waals surface area contributed by atoms with Crippen molar-refractivity contribution in [2.45, 2.75) is 20.0 Å². The van der Waals surface area contributed by atoms with E-state index in [1.54, 1.807) is 24.5 Å². The van der Waals surface area contributed by atoms with Gasteiger partial charge in [0, 0.05) is 42.8 Å². The quantitative estimate of drug-likeness (QED) is 0.204. The van der Waals surface area contributed by atoms with Crippen LogP contribution in [0.3, 0.4) is 0 Å². The number of rotatable bonds is 9. The number of imidazole rings is 1. The van der Waals surface area contributed by atoms with Crippen molar-refractivity contribution < 1.29 is 12.8 Å². The highest BCUT2D eigenvalue weighted by Gasteiger charge is 2.18. The van der Waals surface area contributed by atoms with E-state index >= 15 is 0 Å². The van der Waals surface area contributed by atoms with Crippen molar-refractivity contribution in [3.63, 3.8) is 0 Å². The SMILES string of the molecule is CCNCc1cncc(-c2ccc3[nH]nc(-c4nc5c(-c6cc(F)cc(CNS(C)(=O)=O)c6)nccc5[nH]4)c3n2)c1. The van der Waals surface area contributed by atoms with Gasteiger partial charge in [0.15, 0.2) is 11.5 Å². The summed E-state index contributed by atoms with van der Waals surface area (Å²) >= 11 is 0. The van der Waals surface area contributed by atoms with Gasteiger partial charge in [-0.15, -0.1) is 0 Å². The van der Waals surface area contributed by atoms with Gasteiger partial charge in [0.25, 0.3) is 0 Å². The van der Waals surface area contributed by atoms with Crippen LogP contribution in [0.25, 0.3) is 56.1 Å². The molecule has 6 rings (SSSR count). The van der Waals surface area contributed by atoms with Gasteiger partial charge in [0.05, 0.1) is 28.7 Å². The molecule has 0 unspecified atom stereocenters. The fourth-order valence-electron chi connectivity index (χ4n) is 4.58. The van der Waals surface area contributed by atoms with E-state index in [1.807, 2.05) is 18.3 Å². The summed E-state index contributed by atoms with van der Waals surface area (Å²) in [5.41, 5.74) is 7.16. The maximum absolute atomic E-state index is 14.5. The van der Waals surface area contributed by atoms with Crippen LogP contribution < -0.4 is 10.0 Å². The number of hydrogen-bond donors (Lipinski definition) is 4. The predicted octanol–water partition coefficient (Wildman–Crippen LogP) is 3.92. The summed E-state index contributed by atoms with van der Waals surface area (Å²) in [7, 11) is -3.44. The highest BCUT2D eigenvalue weighted by Crippen LogP contribution is 2.31. The van der Waals surface area contributed by atoms with E-state index in [-0.39, 0.29) is 6.54 Å². The predicted molar refractivity (Wildman–Crippen MR) is 154 cm³/mol. The zero-order valence-electron chi connectivity index (χ0n) is 22.2. The van der Waals surface area contributed by atoms with E-state index in [0.717, 1.165) is 35.1 Å².